The fraction of sp³-hybridized carbons (Fsp3) is 0.640. The number of aromatic nitrogens is 4. The first-order valence-electron chi connectivity index (χ1n) is 15.8. The number of hydrogen-bond acceptors (Lipinski definition) is 20. The van der Waals surface area contributed by atoms with Crippen LogP contribution in [0.5, 0.6) is 0 Å². The number of amides is 2. The largest absolute Gasteiger partial charge is 0.481 e. The summed E-state index contributed by atoms with van der Waals surface area (Å²) in [6.07, 6.45) is -9.65. The Morgan fingerprint density at radius 3 is 2.34 bits per heavy atom. The number of ether oxygens (including phenoxy) is 1. The number of hydrogen-bond donors (Lipinski definition) is 11. The second-order valence-corrected chi connectivity index (χ2v) is 17.7. The molecule has 3 heterocycles. The maximum absolute atomic E-state index is 12.6. The van der Waals surface area contributed by atoms with Gasteiger partial charge in [-0.1, -0.05) is 25.6 Å². The van der Waals surface area contributed by atoms with Crippen molar-refractivity contribution in [3.8, 4) is 0 Å². The van der Waals surface area contributed by atoms with Crippen LogP contribution >= 0.6 is 35.2 Å². The highest BCUT2D eigenvalue weighted by atomic mass is 32.2. The Balaban J connectivity index is 1.48. The summed E-state index contributed by atoms with van der Waals surface area (Å²) in [6.45, 7) is 0.0347. The number of carboxylic acid groups (broad SMARTS) is 1. The lowest BCUT2D eigenvalue weighted by molar-refractivity contribution is -0.148. The third-order valence-corrected chi connectivity index (χ3v) is 11.4. The van der Waals surface area contributed by atoms with E-state index in [-0.39, 0.29) is 42.2 Å². The third kappa shape index (κ3) is 14.1. The van der Waals surface area contributed by atoms with Crippen molar-refractivity contribution in [1.82, 2.24) is 30.2 Å². The Morgan fingerprint density at radius 2 is 1.70 bits per heavy atom. The molecule has 2 amide bonds. The molecule has 2 aromatic rings. The lowest BCUT2D eigenvalue weighted by Crippen LogP contribution is -2.46. The summed E-state index contributed by atoms with van der Waals surface area (Å²) in [7, 11) is -16.5. The number of aliphatic hydroxyl groups excluding tert-OH is 3. The van der Waals surface area contributed by atoms with Crippen LogP contribution in [-0.2, 0) is 55.5 Å². The smallest absolute Gasteiger partial charge is 0.479 e. The van der Waals surface area contributed by atoms with Crippen LogP contribution in [0.3, 0.4) is 0 Å². The number of nitrogens with zero attached hydrogens (tertiary/aromatic N) is 4. The fourth-order valence-electron chi connectivity index (χ4n) is 4.60. The van der Waals surface area contributed by atoms with Crippen LogP contribution in [0.2, 0.25) is 0 Å². The molecular formula is C25H40N7O20P3S. The van der Waals surface area contributed by atoms with Gasteiger partial charge in [0.2, 0.25) is 11.8 Å². The van der Waals surface area contributed by atoms with Crippen LogP contribution < -0.4 is 16.4 Å². The lowest BCUT2D eigenvalue weighted by atomic mass is 9.87. The molecule has 1 saturated heterocycles. The van der Waals surface area contributed by atoms with Gasteiger partial charge < -0.3 is 61.1 Å². The molecule has 56 heavy (non-hydrogen) atoms. The average Bonchev–Trinajstić information content (AvgIpc) is 3.64. The highest BCUT2D eigenvalue weighted by Crippen LogP contribution is 2.61. The van der Waals surface area contributed by atoms with Crippen molar-refractivity contribution in [1.29, 1.82) is 0 Å². The van der Waals surface area contributed by atoms with Gasteiger partial charge in [0, 0.05) is 30.7 Å². The number of anilines is 1. The molecule has 2 aromatic heterocycles. The minimum Gasteiger partial charge on any atom is -0.479 e. The minimum atomic E-state index is -5.60. The molecule has 0 spiro atoms. The van der Waals surface area contributed by atoms with E-state index in [4.69, 9.17) is 29.7 Å². The number of nitrogens with one attached hydrogen (secondary N) is 2. The molecule has 12 N–H and O–H groups in total. The van der Waals surface area contributed by atoms with Gasteiger partial charge in [-0.05, 0) is 0 Å². The zero-order valence-electron chi connectivity index (χ0n) is 29.2. The van der Waals surface area contributed by atoms with E-state index in [0.717, 1.165) is 17.2 Å². The molecule has 0 aliphatic carbocycles. The summed E-state index contributed by atoms with van der Waals surface area (Å²) < 4.78 is 61.9. The van der Waals surface area contributed by atoms with Crippen LogP contribution in [-0.4, -0.2) is 145 Å². The number of thioether (sulfide) groups is 1. The van der Waals surface area contributed by atoms with E-state index in [1.807, 2.05) is 0 Å². The second kappa shape index (κ2) is 19.6. The van der Waals surface area contributed by atoms with Gasteiger partial charge in [-0.3, -0.25) is 32.5 Å². The van der Waals surface area contributed by atoms with E-state index in [2.05, 4.69) is 34.4 Å². The Morgan fingerprint density at radius 1 is 1.04 bits per heavy atom. The van der Waals surface area contributed by atoms with Crippen LogP contribution in [0.15, 0.2) is 12.7 Å². The van der Waals surface area contributed by atoms with Gasteiger partial charge >= 0.3 is 29.4 Å². The van der Waals surface area contributed by atoms with Crippen molar-refractivity contribution >= 4 is 75.1 Å². The summed E-state index contributed by atoms with van der Waals surface area (Å²) in [5, 5.41) is 43.2. The first-order chi connectivity index (χ1) is 25.8. The number of imidazole rings is 1. The number of carbonyl (C=O) groups excluding carboxylic acids is 3. The normalized spacial score (nSPS) is 22.2. The van der Waals surface area contributed by atoms with Gasteiger partial charge in [0.05, 0.1) is 26.0 Å². The third-order valence-electron chi connectivity index (χ3n) is 7.41. The second-order valence-electron chi connectivity index (χ2n) is 12.3. The number of rotatable bonds is 22. The minimum absolute atomic E-state index is 0.00567. The molecule has 27 nitrogen and oxygen atoms in total. The molecule has 31 heteroatoms. The van der Waals surface area contributed by atoms with E-state index in [1.54, 1.807) is 0 Å². The molecule has 4 unspecified atom stereocenters. The predicted molar refractivity (Wildman–Crippen MR) is 185 cm³/mol. The van der Waals surface area contributed by atoms with E-state index < -0.39 is 108 Å². The fourth-order valence-corrected chi connectivity index (χ4v) is 8.14. The van der Waals surface area contributed by atoms with Crippen LogP contribution in [0.25, 0.3) is 11.2 Å². The SMILES string of the molecule is CC(C)(COP(=O)(O)OP(=O)(O)OC[C@H]1O[C@@H](n2cnc3c(N)ncnc32)[C@H](O)[C@@H]1OP(=O)(O)O)C(O)C(=O)NCCC(=O)NCCSC(=O)CC(O)C(=O)O. The van der Waals surface area contributed by atoms with Gasteiger partial charge in [-0.15, -0.1) is 0 Å². The zero-order valence-corrected chi connectivity index (χ0v) is 32.7. The molecule has 1 aliphatic heterocycles. The van der Waals surface area contributed by atoms with E-state index in [9.17, 15) is 62.7 Å². The Hall–Kier alpha value is -3.01. The number of carbonyl (C=O) groups is 4. The van der Waals surface area contributed by atoms with E-state index in [1.165, 1.54) is 13.8 Å². The molecule has 1 aliphatic rings. The molecule has 1 fully saturated rings. The first-order valence-corrected chi connectivity index (χ1v) is 21.3. The Kier molecular flexibility index (Phi) is 16.6. The number of aliphatic hydroxyl groups is 3. The number of carboxylic acids is 1. The zero-order chi connectivity index (χ0) is 42.2. The van der Waals surface area contributed by atoms with Crippen LogP contribution in [0, 0.1) is 5.41 Å². The monoisotopic (exact) mass is 883 g/mol. The highest BCUT2D eigenvalue weighted by molar-refractivity contribution is 8.13. The van der Waals surface area contributed by atoms with Gasteiger partial charge in [-0.2, -0.15) is 4.31 Å². The van der Waals surface area contributed by atoms with Crippen LogP contribution in [0.4, 0.5) is 5.82 Å². The summed E-state index contributed by atoms with van der Waals surface area (Å²) in [5.74, 6) is -3.15. The number of phosphoric acid groups is 3. The van der Waals surface area contributed by atoms with Crippen molar-refractivity contribution in [2.45, 2.75) is 63.4 Å². The Labute approximate surface area is 319 Å². The molecule has 3 rings (SSSR count). The first kappa shape index (κ1) is 47.4. The molecule has 316 valence electrons. The number of nitrogens with two attached hydrogens (primary N) is 1. The molecule has 0 radical (unpaired) electrons. The van der Waals surface area contributed by atoms with Gasteiger partial charge in [-0.25, -0.2) is 33.4 Å². The van der Waals surface area contributed by atoms with E-state index >= 15 is 0 Å². The molecule has 0 bridgehead atoms. The van der Waals surface area contributed by atoms with Crippen molar-refractivity contribution in [3.05, 3.63) is 12.7 Å². The average molecular weight is 884 g/mol. The quantitative estimate of drug-likeness (QED) is 0.0430. The number of nitrogen functional groups attached to an aromatic ring is 1. The van der Waals surface area contributed by atoms with Crippen molar-refractivity contribution < 1.29 is 95.5 Å². The van der Waals surface area contributed by atoms with Crippen molar-refractivity contribution in [3.63, 3.8) is 0 Å². The summed E-state index contributed by atoms with van der Waals surface area (Å²) in [5.41, 5.74) is 4.17. The van der Waals surface area contributed by atoms with Gasteiger partial charge in [0.1, 0.15) is 36.3 Å². The van der Waals surface area contributed by atoms with Crippen LogP contribution in [0.1, 0.15) is 32.9 Å². The predicted octanol–water partition coefficient (Wildman–Crippen LogP) is -2.50. The number of fused-ring (bicyclic) bond motifs is 1. The maximum atomic E-state index is 12.6. The molecule has 0 aromatic carbocycles. The summed E-state index contributed by atoms with van der Waals surface area (Å²) in [6, 6.07) is 0. The molecule has 8 atom stereocenters. The number of phosphoric ester groups is 3. The Bertz CT molecular complexity index is 1880. The molecule has 0 saturated carbocycles. The standard InChI is InChI=1S/C25H40N7O20P3S/c1-25(2,19(37)22(38)28-4-3-14(34)27-5-6-56-15(35)7-12(33)24(39)40)9-49-55(46,47)52-54(44,45)48-8-13-18(51-53(41,42)43)17(36)23(50-13)32-11-31-16-20(26)29-10-30-21(16)32/h10-13,17-19,23,33,36-37H,3-9H2,1-2H3,(H,27,34)(H,28,38)(H,39,40)(H,44,45)(H,46,47)(H2,26,29,30)(H2,41,42,43)/t12?,13-,17-,18-,19?,23-/m1/s1. The molecular weight excluding hydrogens is 843 g/mol. The summed E-state index contributed by atoms with van der Waals surface area (Å²) in [4.78, 5) is 97.5. The van der Waals surface area contributed by atoms with Gasteiger partial charge in [0.15, 0.2) is 28.9 Å². The van der Waals surface area contributed by atoms with E-state index in [0.29, 0.717) is 11.8 Å². The lowest BCUT2D eigenvalue weighted by Gasteiger charge is -2.30. The maximum Gasteiger partial charge on any atom is 0.481 e. The van der Waals surface area contributed by atoms with Crippen molar-refractivity contribution in [2.24, 2.45) is 5.41 Å². The van der Waals surface area contributed by atoms with Gasteiger partial charge in [0.25, 0.3) is 0 Å². The summed E-state index contributed by atoms with van der Waals surface area (Å²) >= 11 is 0.693. The topological polar surface area (TPSA) is 421 Å². The van der Waals surface area contributed by atoms with Crippen molar-refractivity contribution in [2.75, 3.05) is 37.8 Å². The highest BCUT2D eigenvalue weighted by Gasteiger charge is 2.50. The number of aliphatic carboxylic acids is 1.